The lowest BCUT2D eigenvalue weighted by molar-refractivity contribution is 0.0902. The van der Waals surface area contributed by atoms with Crippen LogP contribution in [0.15, 0.2) is 28.8 Å². The van der Waals surface area contributed by atoms with Crippen LogP contribution in [0.1, 0.15) is 57.8 Å². The molecule has 3 aromatic rings. The van der Waals surface area contributed by atoms with Gasteiger partial charge in [-0.15, -0.1) is 0 Å². The first-order chi connectivity index (χ1) is 12.5. The van der Waals surface area contributed by atoms with Crippen molar-refractivity contribution < 1.29 is 9.21 Å². The quantitative estimate of drug-likeness (QED) is 0.782. The minimum Gasteiger partial charge on any atom is -0.454 e. The lowest BCUT2D eigenvalue weighted by atomic mass is 9.93. The highest BCUT2D eigenvalue weighted by atomic mass is 16.4. The number of hydrogen-bond donors (Lipinski definition) is 1. The van der Waals surface area contributed by atoms with Crippen LogP contribution in [0.5, 0.6) is 0 Å². The Balaban J connectivity index is 1.46. The van der Waals surface area contributed by atoms with Crippen LogP contribution in [0.4, 0.5) is 0 Å². The molecule has 0 fully saturated rings. The summed E-state index contributed by atoms with van der Waals surface area (Å²) in [5.41, 5.74) is 4.35. The molecule has 1 aliphatic rings. The molecule has 136 valence electrons. The summed E-state index contributed by atoms with van der Waals surface area (Å²) in [6.45, 7) is 4.48. The van der Waals surface area contributed by atoms with Gasteiger partial charge < -0.3 is 9.73 Å². The molecule has 7 nitrogen and oxygen atoms in total. The predicted octanol–water partition coefficient (Wildman–Crippen LogP) is 2.68. The van der Waals surface area contributed by atoms with Gasteiger partial charge in [0.15, 0.2) is 5.76 Å². The van der Waals surface area contributed by atoms with E-state index in [1.54, 1.807) is 6.07 Å². The Hall–Kier alpha value is -2.83. The molecule has 1 amide bonds. The molecule has 1 aliphatic carbocycles. The van der Waals surface area contributed by atoms with E-state index in [1.807, 2.05) is 48.6 Å². The standard InChI is InChI=1S/C19H23N5O2/c1-12-9-13(2)24(22-12)11-14-7-8-18(26-14)19(25)21-16-5-4-6-17-15(16)10-20-23(17)3/h7-10,16H,4-6,11H2,1-3H3,(H,21,25). The average molecular weight is 353 g/mol. The van der Waals surface area contributed by atoms with Crippen molar-refractivity contribution in [1.82, 2.24) is 24.9 Å². The van der Waals surface area contributed by atoms with Crippen LogP contribution in [0, 0.1) is 13.8 Å². The number of carbonyl (C=O) groups is 1. The molecule has 0 bridgehead atoms. The molecule has 3 heterocycles. The van der Waals surface area contributed by atoms with E-state index in [1.165, 1.54) is 5.69 Å². The molecule has 1 atom stereocenters. The molecule has 0 radical (unpaired) electrons. The van der Waals surface area contributed by atoms with E-state index < -0.39 is 0 Å². The first-order valence-corrected chi connectivity index (χ1v) is 8.92. The van der Waals surface area contributed by atoms with E-state index in [0.29, 0.717) is 18.1 Å². The highest BCUT2D eigenvalue weighted by Gasteiger charge is 2.26. The number of rotatable bonds is 4. The van der Waals surface area contributed by atoms with Crippen molar-refractivity contribution >= 4 is 5.91 Å². The Kier molecular flexibility index (Phi) is 4.14. The Morgan fingerprint density at radius 3 is 3.00 bits per heavy atom. The normalized spacial score (nSPS) is 16.5. The van der Waals surface area contributed by atoms with Crippen LogP contribution >= 0.6 is 0 Å². The number of aromatic nitrogens is 4. The van der Waals surface area contributed by atoms with Gasteiger partial charge in [0, 0.05) is 24.0 Å². The number of nitrogens with one attached hydrogen (secondary N) is 1. The Morgan fingerprint density at radius 2 is 2.23 bits per heavy atom. The number of fused-ring (bicyclic) bond motifs is 1. The van der Waals surface area contributed by atoms with Crippen LogP contribution in [-0.4, -0.2) is 25.5 Å². The summed E-state index contributed by atoms with van der Waals surface area (Å²) in [6, 6.07) is 5.57. The smallest absolute Gasteiger partial charge is 0.287 e. The zero-order chi connectivity index (χ0) is 18.3. The molecule has 1 unspecified atom stereocenters. The molecule has 4 rings (SSSR count). The van der Waals surface area contributed by atoms with Crippen molar-refractivity contribution in [2.24, 2.45) is 7.05 Å². The Bertz CT molecular complexity index is 949. The number of aryl methyl sites for hydroxylation is 3. The van der Waals surface area contributed by atoms with E-state index in [0.717, 1.165) is 36.2 Å². The number of furan rings is 1. The van der Waals surface area contributed by atoms with Gasteiger partial charge in [0.1, 0.15) is 5.76 Å². The lowest BCUT2D eigenvalue weighted by Crippen LogP contribution is -2.30. The largest absolute Gasteiger partial charge is 0.454 e. The maximum Gasteiger partial charge on any atom is 0.287 e. The van der Waals surface area contributed by atoms with E-state index >= 15 is 0 Å². The number of amides is 1. The molecule has 3 aromatic heterocycles. The van der Waals surface area contributed by atoms with Crippen molar-refractivity contribution in [2.75, 3.05) is 0 Å². The molecule has 7 heteroatoms. The monoisotopic (exact) mass is 353 g/mol. The van der Waals surface area contributed by atoms with Gasteiger partial charge in [0.25, 0.3) is 5.91 Å². The van der Waals surface area contributed by atoms with Crippen LogP contribution in [-0.2, 0) is 20.0 Å². The van der Waals surface area contributed by atoms with Gasteiger partial charge in [-0.05, 0) is 51.3 Å². The molecular formula is C19H23N5O2. The molecule has 26 heavy (non-hydrogen) atoms. The number of nitrogens with zero attached hydrogens (tertiary/aromatic N) is 4. The maximum absolute atomic E-state index is 12.6. The number of carbonyl (C=O) groups excluding carboxylic acids is 1. The summed E-state index contributed by atoms with van der Waals surface area (Å²) < 4.78 is 9.52. The summed E-state index contributed by atoms with van der Waals surface area (Å²) in [6.07, 6.45) is 4.82. The van der Waals surface area contributed by atoms with Crippen molar-refractivity contribution in [2.45, 2.75) is 45.7 Å². The van der Waals surface area contributed by atoms with Gasteiger partial charge in [-0.1, -0.05) is 0 Å². The molecule has 0 saturated carbocycles. The summed E-state index contributed by atoms with van der Waals surface area (Å²) >= 11 is 0. The zero-order valence-electron chi connectivity index (χ0n) is 15.3. The van der Waals surface area contributed by atoms with Crippen molar-refractivity contribution in [3.63, 3.8) is 0 Å². The molecule has 0 spiro atoms. The first kappa shape index (κ1) is 16.6. The highest BCUT2D eigenvalue weighted by Crippen LogP contribution is 2.29. The van der Waals surface area contributed by atoms with Gasteiger partial charge in [-0.25, -0.2) is 0 Å². The fourth-order valence-corrected chi connectivity index (χ4v) is 3.65. The van der Waals surface area contributed by atoms with Crippen LogP contribution in [0.25, 0.3) is 0 Å². The van der Waals surface area contributed by atoms with E-state index in [4.69, 9.17) is 4.42 Å². The number of hydrogen-bond acceptors (Lipinski definition) is 4. The lowest BCUT2D eigenvalue weighted by Gasteiger charge is -2.23. The second kappa shape index (κ2) is 6.48. The van der Waals surface area contributed by atoms with E-state index in [9.17, 15) is 4.79 Å². The second-order valence-electron chi connectivity index (χ2n) is 6.94. The van der Waals surface area contributed by atoms with Gasteiger partial charge in [-0.3, -0.25) is 14.2 Å². The van der Waals surface area contributed by atoms with E-state index in [2.05, 4.69) is 15.5 Å². The minimum absolute atomic E-state index is 0.00971. The van der Waals surface area contributed by atoms with Crippen molar-refractivity contribution in [1.29, 1.82) is 0 Å². The van der Waals surface area contributed by atoms with Crippen LogP contribution in [0.3, 0.4) is 0 Å². The SMILES string of the molecule is Cc1cc(C)n(Cc2ccc(C(=O)NC3CCCc4c3cnn4C)o2)n1. The topological polar surface area (TPSA) is 77.9 Å². The van der Waals surface area contributed by atoms with Gasteiger partial charge >= 0.3 is 0 Å². The Labute approximate surface area is 152 Å². The second-order valence-corrected chi connectivity index (χ2v) is 6.94. The van der Waals surface area contributed by atoms with Crippen LogP contribution < -0.4 is 5.32 Å². The first-order valence-electron chi connectivity index (χ1n) is 8.92. The highest BCUT2D eigenvalue weighted by molar-refractivity contribution is 5.91. The maximum atomic E-state index is 12.6. The molecule has 0 aliphatic heterocycles. The average Bonchev–Trinajstić information content (AvgIpc) is 3.29. The minimum atomic E-state index is -0.189. The van der Waals surface area contributed by atoms with Crippen molar-refractivity contribution in [3.05, 3.63) is 58.6 Å². The van der Waals surface area contributed by atoms with Gasteiger partial charge in [0.2, 0.25) is 0 Å². The third-order valence-electron chi connectivity index (χ3n) is 4.98. The summed E-state index contributed by atoms with van der Waals surface area (Å²) in [4.78, 5) is 12.6. The molecule has 1 N–H and O–H groups in total. The fourth-order valence-electron chi connectivity index (χ4n) is 3.65. The Morgan fingerprint density at radius 1 is 1.38 bits per heavy atom. The third kappa shape index (κ3) is 3.05. The predicted molar refractivity (Wildman–Crippen MR) is 95.9 cm³/mol. The summed E-state index contributed by atoms with van der Waals surface area (Å²) in [5.74, 6) is 0.857. The molecular weight excluding hydrogens is 330 g/mol. The van der Waals surface area contributed by atoms with Crippen LogP contribution in [0.2, 0.25) is 0 Å². The third-order valence-corrected chi connectivity index (χ3v) is 4.98. The molecule has 0 saturated heterocycles. The zero-order valence-corrected chi connectivity index (χ0v) is 15.3. The van der Waals surface area contributed by atoms with Gasteiger partial charge in [-0.2, -0.15) is 10.2 Å². The fraction of sp³-hybridized carbons (Fsp3) is 0.421. The molecule has 0 aromatic carbocycles. The van der Waals surface area contributed by atoms with Crippen molar-refractivity contribution in [3.8, 4) is 0 Å². The summed E-state index contributed by atoms with van der Waals surface area (Å²) in [5, 5.41) is 11.8. The van der Waals surface area contributed by atoms with Gasteiger partial charge in [0.05, 0.1) is 24.5 Å². The van der Waals surface area contributed by atoms with E-state index in [-0.39, 0.29) is 11.9 Å². The summed E-state index contributed by atoms with van der Waals surface area (Å²) in [7, 11) is 1.95.